The van der Waals surface area contributed by atoms with Crippen LogP contribution in [0.1, 0.15) is 40.0 Å². The van der Waals surface area contributed by atoms with Crippen LogP contribution < -0.4 is 0 Å². The van der Waals surface area contributed by atoms with Crippen LogP contribution in [0.25, 0.3) is 0 Å². The third kappa shape index (κ3) is 6.26. The molecule has 2 unspecified atom stereocenters. The molecule has 0 amide bonds. The van der Waals surface area contributed by atoms with E-state index in [1.807, 2.05) is 0 Å². The molecule has 0 bridgehead atoms. The van der Waals surface area contributed by atoms with Crippen LogP contribution >= 0.6 is 0 Å². The lowest BCUT2D eigenvalue weighted by Crippen LogP contribution is -2.43. The number of rotatable bonds is 9. The molecule has 0 heterocycles. The van der Waals surface area contributed by atoms with Gasteiger partial charge in [-0.15, -0.1) is 0 Å². The smallest absolute Gasteiger partial charge is 0.320 e. The van der Waals surface area contributed by atoms with Gasteiger partial charge >= 0.3 is 11.9 Å². The minimum absolute atomic E-state index is 0.284. The number of hydrogen-bond donors (Lipinski definition) is 2. The van der Waals surface area contributed by atoms with Crippen molar-refractivity contribution in [2.24, 2.45) is 5.92 Å². The topological polar surface area (TPSA) is 77.8 Å². The molecule has 0 saturated heterocycles. The largest absolute Gasteiger partial charge is 0.481 e. The molecule has 2 N–H and O–H groups in total. The summed E-state index contributed by atoms with van der Waals surface area (Å²) in [5, 5.41) is 17.8. The molecule has 0 aromatic heterocycles. The number of carbonyl (C=O) groups is 2. The normalized spacial score (nSPS) is 14.6. The van der Waals surface area contributed by atoms with Gasteiger partial charge in [-0.1, -0.05) is 26.7 Å². The van der Waals surface area contributed by atoms with E-state index in [1.54, 1.807) is 18.7 Å². The summed E-state index contributed by atoms with van der Waals surface area (Å²) in [4.78, 5) is 23.5. The van der Waals surface area contributed by atoms with E-state index >= 15 is 0 Å². The van der Waals surface area contributed by atoms with E-state index in [-0.39, 0.29) is 6.54 Å². The zero-order valence-corrected chi connectivity index (χ0v) is 10.8. The Morgan fingerprint density at radius 2 is 1.71 bits per heavy atom. The van der Waals surface area contributed by atoms with E-state index in [9.17, 15) is 9.59 Å². The molecule has 5 heteroatoms. The van der Waals surface area contributed by atoms with Crippen LogP contribution in [0.3, 0.4) is 0 Å². The first-order chi connectivity index (χ1) is 7.90. The second-order valence-corrected chi connectivity index (χ2v) is 4.46. The van der Waals surface area contributed by atoms with Gasteiger partial charge in [-0.25, -0.2) is 0 Å². The molecule has 0 fully saturated rings. The van der Waals surface area contributed by atoms with Gasteiger partial charge in [0.1, 0.15) is 6.04 Å². The first kappa shape index (κ1) is 15.9. The van der Waals surface area contributed by atoms with E-state index in [2.05, 4.69) is 6.92 Å². The van der Waals surface area contributed by atoms with Crippen LogP contribution in [-0.2, 0) is 9.59 Å². The SMILES string of the molecule is CCCCCN(CC(C)C(=O)O)C(C)C(=O)O. The summed E-state index contributed by atoms with van der Waals surface area (Å²) in [6, 6.07) is -0.631. The van der Waals surface area contributed by atoms with Crippen molar-refractivity contribution in [3.8, 4) is 0 Å². The van der Waals surface area contributed by atoms with Crippen molar-refractivity contribution < 1.29 is 19.8 Å². The van der Waals surface area contributed by atoms with Crippen LogP contribution in [0.4, 0.5) is 0 Å². The molecule has 0 aromatic rings. The number of hydrogen-bond acceptors (Lipinski definition) is 3. The summed E-state index contributed by atoms with van der Waals surface area (Å²) in [5.74, 6) is -2.33. The second kappa shape index (κ2) is 8.06. The van der Waals surface area contributed by atoms with E-state index in [4.69, 9.17) is 10.2 Å². The van der Waals surface area contributed by atoms with Gasteiger partial charge in [0.2, 0.25) is 0 Å². The zero-order chi connectivity index (χ0) is 13.4. The van der Waals surface area contributed by atoms with Gasteiger partial charge in [-0.2, -0.15) is 0 Å². The third-order valence-corrected chi connectivity index (χ3v) is 2.88. The van der Waals surface area contributed by atoms with Gasteiger partial charge in [0.05, 0.1) is 5.92 Å². The van der Waals surface area contributed by atoms with Gasteiger partial charge in [0, 0.05) is 6.54 Å². The van der Waals surface area contributed by atoms with Gasteiger partial charge in [-0.05, 0) is 19.9 Å². The fourth-order valence-electron chi connectivity index (χ4n) is 1.59. The predicted octanol–water partition coefficient (Wildman–Crippen LogP) is 1.67. The summed E-state index contributed by atoms with van der Waals surface area (Å²) < 4.78 is 0. The maximum atomic E-state index is 10.9. The number of carboxylic acid groups (broad SMARTS) is 2. The lowest BCUT2D eigenvalue weighted by atomic mass is 10.1. The lowest BCUT2D eigenvalue weighted by molar-refractivity contribution is -0.146. The van der Waals surface area contributed by atoms with Gasteiger partial charge in [0.25, 0.3) is 0 Å². The average Bonchev–Trinajstić information content (AvgIpc) is 2.26. The first-order valence-corrected chi connectivity index (χ1v) is 6.09. The maximum Gasteiger partial charge on any atom is 0.320 e. The Bertz CT molecular complexity index is 255. The van der Waals surface area contributed by atoms with Crippen LogP contribution in [-0.4, -0.2) is 46.2 Å². The van der Waals surface area contributed by atoms with Crippen molar-refractivity contribution in [1.82, 2.24) is 4.90 Å². The lowest BCUT2D eigenvalue weighted by Gasteiger charge is -2.27. The van der Waals surface area contributed by atoms with E-state index in [0.717, 1.165) is 19.3 Å². The van der Waals surface area contributed by atoms with Gasteiger partial charge < -0.3 is 10.2 Å². The molecule has 0 rings (SSSR count). The molecule has 0 aliphatic heterocycles. The number of aliphatic carboxylic acids is 2. The average molecular weight is 245 g/mol. The number of nitrogens with zero attached hydrogens (tertiary/aromatic N) is 1. The van der Waals surface area contributed by atoms with Crippen molar-refractivity contribution in [1.29, 1.82) is 0 Å². The third-order valence-electron chi connectivity index (χ3n) is 2.88. The highest BCUT2D eigenvalue weighted by molar-refractivity contribution is 5.73. The Kier molecular flexibility index (Phi) is 7.54. The zero-order valence-electron chi connectivity index (χ0n) is 10.8. The molecular formula is C12H23NO4. The fourth-order valence-corrected chi connectivity index (χ4v) is 1.59. The molecule has 0 radical (unpaired) electrons. The molecule has 0 saturated carbocycles. The minimum Gasteiger partial charge on any atom is -0.481 e. The highest BCUT2D eigenvalue weighted by Gasteiger charge is 2.24. The quantitative estimate of drug-likeness (QED) is 0.604. The van der Waals surface area contributed by atoms with Crippen molar-refractivity contribution in [2.45, 2.75) is 46.1 Å². The van der Waals surface area contributed by atoms with Crippen LogP contribution in [0.15, 0.2) is 0 Å². The van der Waals surface area contributed by atoms with E-state index in [0.29, 0.717) is 6.54 Å². The molecule has 5 nitrogen and oxygen atoms in total. The van der Waals surface area contributed by atoms with Crippen molar-refractivity contribution in [3.63, 3.8) is 0 Å². The Labute approximate surface area is 102 Å². The Hall–Kier alpha value is -1.10. The maximum absolute atomic E-state index is 10.9. The van der Waals surface area contributed by atoms with Crippen molar-refractivity contribution >= 4 is 11.9 Å². The van der Waals surface area contributed by atoms with Crippen LogP contribution in [0, 0.1) is 5.92 Å². The highest BCUT2D eigenvalue weighted by atomic mass is 16.4. The monoisotopic (exact) mass is 245 g/mol. The summed E-state index contributed by atoms with van der Waals surface area (Å²) in [6.45, 7) is 6.20. The molecule has 0 aromatic carbocycles. The van der Waals surface area contributed by atoms with Gasteiger partial charge in [0.15, 0.2) is 0 Å². The van der Waals surface area contributed by atoms with Crippen LogP contribution in [0.5, 0.6) is 0 Å². The Morgan fingerprint density at radius 3 is 2.12 bits per heavy atom. The fraction of sp³-hybridized carbons (Fsp3) is 0.833. The standard InChI is InChI=1S/C12H23NO4/c1-4-5-6-7-13(10(3)12(16)17)8-9(2)11(14)15/h9-10H,4-8H2,1-3H3,(H,14,15)(H,16,17). The Morgan fingerprint density at radius 1 is 1.12 bits per heavy atom. The molecule has 0 aliphatic rings. The summed E-state index contributed by atoms with van der Waals surface area (Å²) in [6.07, 6.45) is 2.99. The molecule has 2 atom stereocenters. The molecule has 0 spiro atoms. The molecule has 17 heavy (non-hydrogen) atoms. The molecular weight excluding hydrogens is 222 g/mol. The highest BCUT2D eigenvalue weighted by Crippen LogP contribution is 2.08. The summed E-state index contributed by atoms with van der Waals surface area (Å²) >= 11 is 0. The molecule has 0 aliphatic carbocycles. The molecule has 100 valence electrons. The first-order valence-electron chi connectivity index (χ1n) is 6.09. The van der Waals surface area contributed by atoms with Gasteiger partial charge in [-0.3, -0.25) is 14.5 Å². The number of carboxylic acids is 2. The van der Waals surface area contributed by atoms with E-state index in [1.165, 1.54) is 0 Å². The summed E-state index contributed by atoms with van der Waals surface area (Å²) in [5.41, 5.74) is 0. The van der Waals surface area contributed by atoms with Crippen LogP contribution in [0.2, 0.25) is 0 Å². The Balaban J connectivity index is 4.39. The minimum atomic E-state index is -0.904. The number of unbranched alkanes of at least 4 members (excludes halogenated alkanes) is 2. The van der Waals surface area contributed by atoms with Crippen molar-refractivity contribution in [3.05, 3.63) is 0 Å². The van der Waals surface area contributed by atoms with Crippen molar-refractivity contribution in [2.75, 3.05) is 13.1 Å². The predicted molar refractivity (Wildman–Crippen MR) is 65.0 cm³/mol. The second-order valence-electron chi connectivity index (χ2n) is 4.46. The van der Waals surface area contributed by atoms with E-state index < -0.39 is 23.9 Å². The summed E-state index contributed by atoms with van der Waals surface area (Å²) in [7, 11) is 0.